The fourth-order valence-electron chi connectivity index (χ4n) is 2.91. The van der Waals surface area contributed by atoms with E-state index in [0.717, 1.165) is 6.42 Å². The topological polar surface area (TPSA) is 90.0 Å². The van der Waals surface area contributed by atoms with Crippen LogP contribution in [0.25, 0.3) is 10.8 Å². The molecule has 1 atom stereocenters. The first-order valence-corrected chi connectivity index (χ1v) is 8.84. The van der Waals surface area contributed by atoms with Crippen molar-refractivity contribution in [3.63, 3.8) is 0 Å². The van der Waals surface area contributed by atoms with Crippen LogP contribution in [0, 0.1) is 11.8 Å². The molecule has 6 nitrogen and oxygen atoms in total. The van der Waals surface area contributed by atoms with Crippen molar-refractivity contribution in [3.05, 3.63) is 40.3 Å². The SMILES string of the molecule is CC(C)CC(CN)NC(=O)c1nn(CC(C)C)c(=O)c2ccccc12.Cl. The smallest absolute Gasteiger partial charge is 0.274 e. The number of rotatable bonds is 7. The summed E-state index contributed by atoms with van der Waals surface area (Å²) in [4.78, 5) is 25.4. The number of amides is 1. The Kier molecular flexibility index (Phi) is 8.24. The molecule has 2 aromatic rings. The molecule has 0 saturated heterocycles. The summed E-state index contributed by atoms with van der Waals surface area (Å²) < 4.78 is 1.39. The number of aromatic nitrogens is 2. The number of carbonyl (C=O) groups excluding carboxylic acids is 1. The summed E-state index contributed by atoms with van der Waals surface area (Å²) in [7, 11) is 0. The average Bonchev–Trinajstić information content (AvgIpc) is 2.55. The molecule has 2 rings (SSSR count). The number of nitrogens with two attached hydrogens (primary N) is 1. The van der Waals surface area contributed by atoms with Crippen LogP contribution in [0.3, 0.4) is 0 Å². The second-order valence-corrected chi connectivity index (χ2v) is 7.31. The van der Waals surface area contributed by atoms with Gasteiger partial charge in [-0.25, -0.2) is 4.68 Å². The molecule has 1 amide bonds. The predicted octanol–water partition coefficient (Wildman–Crippen LogP) is 2.58. The van der Waals surface area contributed by atoms with Crippen LogP contribution in [0.1, 0.15) is 44.6 Å². The second-order valence-electron chi connectivity index (χ2n) is 7.31. The van der Waals surface area contributed by atoms with Crippen LogP contribution in [0.5, 0.6) is 0 Å². The van der Waals surface area contributed by atoms with E-state index >= 15 is 0 Å². The van der Waals surface area contributed by atoms with Gasteiger partial charge < -0.3 is 11.1 Å². The van der Waals surface area contributed by atoms with Crippen molar-refractivity contribution in [1.29, 1.82) is 0 Å². The molecule has 1 heterocycles. The number of nitrogens with one attached hydrogen (secondary N) is 1. The molecule has 144 valence electrons. The van der Waals surface area contributed by atoms with E-state index in [4.69, 9.17) is 5.73 Å². The van der Waals surface area contributed by atoms with Crippen LogP contribution >= 0.6 is 12.4 Å². The number of fused-ring (bicyclic) bond motifs is 1. The predicted molar refractivity (Wildman–Crippen MR) is 108 cm³/mol. The van der Waals surface area contributed by atoms with Crippen LogP contribution in [0.2, 0.25) is 0 Å². The summed E-state index contributed by atoms with van der Waals surface area (Å²) in [5, 5.41) is 8.41. The number of halogens is 1. The third kappa shape index (κ3) is 5.29. The summed E-state index contributed by atoms with van der Waals surface area (Å²) in [6, 6.07) is 6.99. The van der Waals surface area contributed by atoms with Gasteiger partial charge in [-0.2, -0.15) is 5.10 Å². The highest BCUT2D eigenvalue weighted by atomic mass is 35.5. The molecule has 1 aromatic heterocycles. The summed E-state index contributed by atoms with van der Waals surface area (Å²) in [5.74, 6) is 0.387. The molecular formula is C19H29ClN4O2. The van der Waals surface area contributed by atoms with Crippen molar-refractivity contribution in [2.24, 2.45) is 17.6 Å². The Balaban J connectivity index is 0.00000338. The minimum absolute atomic E-state index is 0. The van der Waals surface area contributed by atoms with E-state index in [-0.39, 0.29) is 41.5 Å². The molecule has 7 heteroatoms. The van der Waals surface area contributed by atoms with E-state index in [1.54, 1.807) is 18.2 Å². The Morgan fingerprint density at radius 1 is 1.15 bits per heavy atom. The minimum atomic E-state index is -0.287. The maximum absolute atomic E-state index is 12.8. The zero-order valence-corrected chi connectivity index (χ0v) is 16.7. The number of nitrogens with zero attached hydrogens (tertiary/aromatic N) is 2. The van der Waals surface area contributed by atoms with Gasteiger partial charge in [0.25, 0.3) is 11.5 Å². The molecule has 0 aliphatic rings. The molecule has 0 aliphatic carbocycles. The molecule has 1 unspecified atom stereocenters. The Bertz CT molecular complexity index is 802. The van der Waals surface area contributed by atoms with Crippen molar-refractivity contribution in [1.82, 2.24) is 15.1 Å². The first-order chi connectivity index (χ1) is 11.8. The van der Waals surface area contributed by atoms with E-state index in [2.05, 4.69) is 24.3 Å². The molecule has 0 spiro atoms. The van der Waals surface area contributed by atoms with Crippen molar-refractivity contribution < 1.29 is 4.79 Å². The first kappa shape index (κ1) is 22.1. The maximum Gasteiger partial charge on any atom is 0.274 e. The molecular weight excluding hydrogens is 352 g/mol. The standard InChI is InChI=1S/C19H28N4O2.ClH/c1-12(2)9-14(10-20)21-18(24)17-15-7-5-6-8-16(15)19(25)23(22-17)11-13(3)4;/h5-8,12-14H,9-11,20H2,1-4H3,(H,21,24);1H. The summed E-state index contributed by atoms with van der Waals surface area (Å²) in [6.45, 7) is 9.03. The molecule has 26 heavy (non-hydrogen) atoms. The largest absolute Gasteiger partial charge is 0.347 e. The third-order valence-corrected chi connectivity index (χ3v) is 4.00. The van der Waals surface area contributed by atoms with Gasteiger partial charge in [-0.05, 0) is 24.3 Å². The first-order valence-electron chi connectivity index (χ1n) is 8.84. The molecule has 0 radical (unpaired) electrons. The molecule has 0 saturated carbocycles. The molecule has 3 N–H and O–H groups in total. The van der Waals surface area contributed by atoms with Gasteiger partial charge in [0, 0.05) is 24.5 Å². The summed E-state index contributed by atoms with van der Waals surface area (Å²) >= 11 is 0. The van der Waals surface area contributed by atoms with Gasteiger partial charge in [0.2, 0.25) is 0 Å². The third-order valence-electron chi connectivity index (χ3n) is 4.00. The number of benzene rings is 1. The second kappa shape index (κ2) is 9.69. The van der Waals surface area contributed by atoms with Crippen molar-refractivity contribution in [2.75, 3.05) is 6.54 Å². The minimum Gasteiger partial charge on any atom is -0.347 e. The highest BCUT2D eigenvalue weighted by molar-refractivity contribution is 6.04. The van der Waals surface area contributed by atoms with Gasteiger partial charge in [-0.3, -0.25) is 9.59 Å². The highest BCUT2D eigenvalue weighted by Gasteiger charge is 2.20. The zero-order chi connectivity index (χ0) is 18.6. The van der Waals surface area contributed by atoms with Crippen LogP contribution in [-0.2, 0) is 6.54 Å². The number of carbonyl (C=O) groups is 1. The van der Waals surface area contributed by atoms with E-state index in [0.29, 0.717) is 29.8 Å². The fraction of sp³-hybridized carbons (Fsp3) is 0.526. The monoisotopic (exact) mass is 380 g/mol. The van der Waals surface area contributed by atoms with Gasteiger partial charge in [0.05, 0.1) is 5.39 Å². The Labute approximate surface area is 160 Å². The average molecular weight is 381 g/mol. The van der Waals surface area contributed by atoms with Crippen LogP contribution < -0.4 is 16.6 Å². The fourth-order valence-corrected chi connectivity index (χ4v) is 2.91. The van der Waals surface area contributed by atoms with Gasteiger partial charge >= 0.3 is 0 Å². The lowest BCUT2D eigenvalue weighted by atomic mass is 10.0. The van der Waals surface area contributed by atoms with Crippen LogP contribution in [0.15, 0.2) is 29.1 Å². The molecule has 0 fully saturated rings. The van der Waals surface area contributed by atoms with E-state index in [1.807, 2.05) is 19.9 Å². The van der Waals surface area contributed by atoms with Gasteiger partial charge in [-0.1, -0.05) is 45.9 Å². The van der Waals surface area contributed by atoms with Crippen LogP contribution in [0.4, 0.5) is 0 Å². The van der Waals surface area contributed by atoms with E-state index in [1.165, 1.54) is 4.68 Å². The Morgan fingerprint density at radius 3 is 2.31 bits per heavy atom. The lowest BCUT2D eigenvalue weighted by Crippen LogP contribution is -2.42. The lowest BCUT2D eigenvalue weighted by Gasteiger charge is -2.19. The van der Waals surface area contributed by atoms with E-state index in [9.17, 15) is 9.59 Å². The van der Waals surface area contributed by atoms with Gasteiger partial charge in [0.15, 0.2) is 5.69 Å². The molecule has 0 aliphatic heterocycles. The Morgan fingerprint density at radius 2 is 1.77 bits per heavy atom. The highest BCUT2D eigenvalue weighted by Crippen LogP contribution is 2.14. The van der Waals surface area contributed by atoms with Crippen molar-refractivity contribution in [2.45, 2.75) is 46.7 Å². The number of hydrogen-bond acceptors (Lipinski definition) is 4. The normalized spacial score (nSPS) is 12.3. The lowest BCUT2D eigenvalue weighted by molar-refractivity contribution is 0.0928. The summed E-state index contributed by atoms with van der Waals surface area (Å²) in [6.07, 6.45) is 0.797. The van der Waals surface area contributed by atoms with Gasteiger partial charge in [0.1, 0.15) is 0 Å². The van der Waals surface area contributed by atoms with Crippen molar-refractivity contribution >= 4 is 29.1 Å². The van der Waals surface area contributed by atoms with Crippen molar-refractivity contribution in [3.8, 4) is 0 Å². The zero-order valence-electron chi connectivity index (χ0n) is 15.9. The van der Waals surface area contributed by atoms with Gasteiger partial charge in [-0.15, -0.1) is 12.4 Å². The molecule has 1 aromatic carbocycles. The maximum atomic E-state index is 12.8. The molecule has 0 bridgehead atoms. The van der Waals surface area contributed by atoms with Crippen LogP contribution in [-0.4, -0.2) is 28.3 Å². The quantitative estimate of drug-likeness (QED) is 0.772. The Hall–Kier alpha value is -1.92. The van der Waals surface area contributed by atoms with E-state index < -0.39 is 0 Å². The number of hydrogen-bond donors (Lipinski definition) is 2. The summed E-state index contributed by atoms with van der Waals surface area (Å²) in [5.41, 5.74) is 5.90.